The zero-order valence-electron chi connectivity index (χ0n) is 13.6. The third kappa shape index (κ3) is 2.62. The average molecular weight is 314 g/mol. The molecule has 0 unspecified atom stereocenters. The molecule has 2 fully saturated rings. The number of pyridine rings is 1. The van der Waals surface area contributed by atoms with Gasteiger partial charge in [-0.3, -0.25) is 4.79 Å². The molecule has 6 nitrogen and oxygen atoms in total. The number of carbonyl (C=O) groups is 1. The number of amides is 1. The van der Waals surface area contributed by atoms with E-state index in [9.17, 15) is 4.79 Å². The lowest BCUT2D eigenvalue weighted by molar-refractivity contribution is 0.0480. The summed E-state index contributed by atoms with van der Waals surface area (Å²) >= 11 is 0. The summed E-state index contributed by atoms with van der Waals surface area (Å²) in [6, 6.07) is 6.02. The molecular formula is C17H22N4O2. The molecule has 1 amide bonds. The number of ether oxygens (including phenoxy) is 1. The van der Waals surface area contributed by atoms with Gasteiger partial charge in [-0.1, -0.05) is 6.07 Å². The van der Waals surface area contributed by atoms with Gasteiger partial charge in [-0.05, 0) is 26.1 Å². The standard InChI is InChI=1S/C17H22N4O2/c1-12-4-3-5-16-18-15(9-20(12)16)17(22)21-7-13-6-19(2)8-14(21)11-23-10-13/h3-5,9,13-14H,6-8,10-11H2,1-2H3/t13-,14-/m0/s1. The number of aromatic nitrogens is 2. The molecule has 4 rings (SSSR count). The molecule has 2 aliphatic heterocycles. The number of hydrogen-bond acceptors (Lipinski definition) is 4. The lowest BCUT2D eigenvalue weighted by Crippen LogP contribution is -2.46. The topological polar surface area (TPSA) is 50.1 Å². The molecule has 6 heteroatoms. The van der Waals surface area contributed by atoms with Crippen LogP contribution in [0.3, 0.4) is 0 Å². The molecule has 2 aromatic heterocycles. The van der Waals surface area contributed by atoms with Gasteiger partial charge in [-0.2, -0.15) is 0 Å². The summed E-state index contributed by atoms with van der Waals surface area (Å²) in [6.45, 7) is 5.94. The molecule has 0 saturated carbocycles. The Balaban J connectivity index is 1.68. The first-order chi connectivity index (χ1) is 11.1. The minimum atomic E-state index is 0.0175. The van der Waals surface area contributed by atoms with E-state index in [0.717, 1.165) is 37.6 Å². The molecule has 2 bridgehead atoms. The van der Waals surface area contributed by atoms with Crippen molar-refractivity contribution in [1.29, 1.82) is 0 Å². The van der Waals surface area contributed by atoms with Crippen LogP contribution in [0.15, 0.2) is 24.4 Å². The average Bonchev–Trinajstić information content (AvgIpc) is 2.77. The fraction of sp³-hybridized carbons (Fsp3) is 0.529. The van der Waals surface area contributed by atoms with Crippen molar-refractivity contribution in [3.63, 3.8) is 0 Å². The van der Waals surface area contributed by atoms with Crippen LogP contribution in [-0.4, -0.2) is 71.0 Å². The molecule has 0 aliphatic carbocycles. The molecule has 2 aliphatic rings. The van der Waals surface area contributed by atoms with Gasteiger partial charge in [0.2, 0.25) is 0 Å². The van der Waals surface area contributed by atoms with Crippen molar-refractivity contribution in [2.45, 2.75) is 13.0 Å². The van der Waals surface area contributed by atoms with Crippen molar-refractivity contribution in [3.05, 3.63) is 35.8 Å². The SMILES string of the molecule is Cc1cccc2nc(C(=O)N3C[C@H]4COC[C@@H]3CN(C)C4)cn12. The highest BCUT2D eigenvalue weighted by Gasteiger charge is 2.35. The lowest BCUT2D eigenvalue weighted by atomic mass is 10.1. The second kappa shape index (κ2) is 5.62. The minimum absolute atomic E-state index is 0.0175. The van der Waals surface area contributed by atoms with Gasteiger partial charge < -0.3 is 18.9 Å². The fourth-order valence-corrected chi connectivity index (χ4v) is 3.72. The number of likely N-dealkylation sites (N-methyl/N-ethyl adjacent to an activating group) is 1. The van der Waals surface area contributed by atoms with E-state index < -0.39 is 0 Å². The van der Waals surface area contributed by atoms with E-state index in [-0.39, 0.29) is 11.9 Å². The molecule has 2 aromatic rings. The Morgan fingerprint density at radius 3 is 2.96 bits per heavy atom. The number of aryl methyl sites for hydroxylation is 1. The van der Waals surface area contributed by atoms with Crippen LogP contribution in [0.1, 0.15) is 16.2 Å². The minimum Gasteiger partial charge on any atom is -0.379 e. The highest BCUT2D eigenvalue weighted by Crippen LogP contribution is 2.21. The lowest BCUT2D eigenvalue weighted by Gasteiger charge is -2.29. The van der Waals surface area contributed by atoms with E-state index in [0.29, 0.717) is 18.2 Å². The van der Waals surface area contributed by atoms with Gasteiger partial charge in [-0.15, -0.1) is 0 Å². The van der Waals surface area contributed by atoms with Crippen molar-refractivity contribution in [2.75, 3.05) is 39.9 Å². The predicted octanol–water partition coefficient (Wildman–Crippen LogP) is 1.05. The molecule has 122 valence electrons. The van der Waals surface area contributed by atoms with E-state index in [2.05, 4.69) is 16.9 Å². The number of fused-ring (bicyclic) bond motifs is 4. The Bertz CT molecular complexity index is 741. The van der Waals surface area contributed by atoms with Crippen molar-refractivity contribution in [1.82, 2.24) is 19.2 Å². The summed E-state index contributed by atoms with van der Waals surface area (Å²) in [5.74, 6) is 0.388. The van der Waals surface area contributed by atoms with Crippen LogP contribution in [0.4, 0.5) is 0 Å². The molecule has 4 heterocycles. The van der Waals surface area contributed by atoms with E-state index >= 15 is 0 Å². The van der Waals surface area contributed by atoms with E-state index in [1.165, 1.54) is 0 Å². The van der Waals surface area contributed by atoms with E-state index in [4.69, 9.17) is 4.74 Å². The van der Waals surface area contributed by atoms with Gasteiger partial charge in [0, 0.05) is 37.4 Å². The third-order valence-corrected chi connectivity index (χ3v) is 4.83. The van der Waals surface area contributed by atoms with Gasteiger partial charge in [0.25, 0.3) is 5.91 Å². The van der Waals surface area contributed by atoms with Crippen molar-refractivity contribution in [2.24, 2.45) is 5.92 Å². The zero-order valence-corrected chi connectivity index (χ0v) is 13.6. The first-order valence-corrected chi connectivity index (χ1v) is 8.14. The highest BCUT2D eigenvalue weighted by molar-refractivity contribution is 5.93. The van der Waals surface area contributed by atoms with Gasteiger partial charge >= 0.3 is 0 Å². The number of nitrogens with zero attached hydrogens (tertiary/aromatic N) is 4. The number of hydrogen-bond donors (Lipinski definition) is 0. The second-order valence-corrected chi connectivity index (χ2v) is 6.76. The number of carbonyl (C=O) groups excluding carboxylic acids is 1. The van der Waals surface area contributed by atoms with Gasteiger partial charge in [0.05, 0.1) is 19.3 Å². The molecule has 0 radical (unpaired) electrons. The molecule has 0 N–H and O–H groups in total. The Kier molecular flexibility index (Phi) is 3.58. The highest BCUT2D eigenvalue weighted by atomic mass is 16.5. The Hall–Kier alpha value is -1.92. The maximum atomic E-state index is 13.1. The van der Waals surface area contributed by atoms with E-state index in [1.54, 1.807) is 0 Å². The summed E-state index contributed by atoms with van der Waals surface area (Å²) in [5, 5.41) is 0. The maximum Gasteiger partial charge on any atom is 0.274 e. The zero-order chi connectivity index (χ0) is 16.0. The van der Waals surface area contributed by atoms with Crippen LogP contribution >= 0.6 is 0 Å². The quantitative estimate of drug-likeness (QED) is 0.789. The Morgan fingerprint density at radius 1 is 1.26 bits per heavy atom. The van der Waals surface area contributed by atoms with Gasteiger partial charge in [-0.25, -0.2) is 4.98 Å². The summed E-state index contributed by atoms with van der Waals surface area (Å²) in [6.07, 6.45) is 1.85. The van der Waals surface area contributed by atoms with Crippen LogP contribution in [0.5, 0.6) is 0 Å². The van der Waals surface area contributed by atoms with Crippen LogP contribution in [-0.2, 0) is 4.74 Å². The van der Waals surface area contributed by atoms with Crippen molar-refractivity contribution < 1.29 is 9.53 Å². The Labute approximate surface area is 135 Å². The maximum absolute atomic E-state index is 13.1. The molecule has 2 saturated heterocycles. The smallest absolute Gasteiger partial charge is 0.274 e. The van der Waals surface area contributed by atoms with Crippen LogP contribution in [0.25, 0.3) is 5.65 Å². The van der Waals surface area contributed by atoms with Gasteiger partial charge in [0.1, 0.15) is 11.3 Å². The predicted molar refractivity (Wildman–Crippen MR) is 86.6 cm³/mol. The third-order valence-electron chi connectivity index (χ3n) is 4.83. The van der Waals surface area contributed by atoms with Crippen molar-refractivity contribution in [3.8, 4) is 0 Å². The summed E-state index contributed by atoms with van der Waals surface area (Å²) in [7, 11) is 2.12. The van der Waals surface area contributed by atoms with Crippen LogP contribution in [0, 0.1) is 12.8 Å². The monoisotopic (exact) mass is 314 g/mol. The number of rotatable bonds is 1. The molecule has 2 atom stereocenters. The van der Waals surface area contributed by atoms with Gasteiger partial charge in [0.15, 0.2) is 0 Å². The summed E-state index contributed by atoms with van der Waals surface area (Å²) < 4.78 is 7.73. The number of imidazole rings is 1. The fourth-order valence-electron chi connectivity index (χ4n) is 3.72. The normalized spacial score (nSPS) is 25.6. The first-order valence-electron chi connectivity index (χ1n) is 8.14. The van der Waals surface area contributed by atoms with Crippen molar-refractivity contribution >= 4 is 11.6 Å². The Morgan fingerprint density at radius 2 is 2.13 bits per heavy atom. The van der Waals surface area contributed by atoms with E-state index in [1.807, 2.05) is 40.6 Å². The summed E-state index contributed by atoms with van der Waals surface area (Å²) in [4.78, 5) is 21.9. The molecule has 0 spiro atoms. The van der Waals surface area contributed by atoms with Crippen LogP contribution < -0.4 is 0 Å². The first kappa shape index (κ1) is 14.7. The molecule has 23 heavy (non-hydrogen) atoms. The second-order valence-electron chi connectivity index (χ2n) is 6.76. The summed E-state index contributed by atoms with van der Waals surface area (Å²) in [5.41, 5.74) is 2.42. The van der Waals surface area contributed by atoms with Crippen LogP contribution in [0.2, 0.25) is 0 Å². The molecule has 0 aromatic carbocycles. The largest absolute Gasteiger partial charge is 0.379 e. The molecular weight excluding hydrogens is 292 g/mol.